The Morgan fingerprint density at radius 3 is 2.76 bits per heavy atom. The van der Waals surface area contributed by atoms with Crippen molar-refractivity contribution in [2.24, 2.45) is 0 Å². The molecule has 1 aromatic carbocycles. The fraction of sp³-hybridized carbons (Fsp3) is 0. The first kappa shape index (κ1) is 10.9. The predicted octanol–water partition coefficient (Wildman–Crippen LogP) is 1.82. The Labute approximate surface area is 97.1 Å². The van der Waals surface area contributed by atoms with Crippen molar-refractivity contribution in [3.63, 3.8) is 0 Å². The molecule has 6 nitrogen and oxygen atoms in total. The molecule has 86 valence electrons. The van der Waals surface area contributed by atoms with Gasteiger partial charge >= 0.3 is 6.09 Å². The molecule has 1 heterocycles. The third kappa shape index (κ3) is 2.49. The number of amides is 1. The molecule has 17 heavy (non-hydrogen) atoms. The highest BCUT2D eigenvalue weighted by atomic mass is 16.4. The topological polar surface area (TPSA) is 101 Å². The SMILES string of the molecule is Nc1cc(-c2cnccn2)ccc1NC(=O)O. The number of aromatic nitrogens is 2. The van der Waals surface area contributed by atoms with Gasteiger partial charge in [-0.1, -0.05) is 6.07 Å². The summed E-state index contributed by atoms with van der Waals surface area (Å²) in [6.07, 6.45) is 3.62. The van der Waals surface area contributed by atoms with Crippen LogP contribution in [0.3, 0.4) is 0 Å². The number of carboxylic acid groups (broad SMARTS) is 1. The van der Waals surface area contributed by atoms with Crippen molar-refractivity contribution in [1.82, 2.24) is 9.97 Å². The third-order valence-corrected chi connectivity index (χ3v) is 2.15. The molecule has 0 aliphatic carbocycles. The lowest BCUT2D eigenvalue weighted by atomic mass is 10.1. The predicted molar refractivity (Wildman–Crippen MR) is 63.5 cm³/mol. The number of hydrogen-bond acceptors (Lipinski definition) is 4. The van der Waals surface area contributed by atoms with Crippen LogP contribution in [0.4, 0.5) is 16.2 Å². The standard InChI is InChI=1S/C11H10N4O2/c12-8-5-7(10-6-13-3-4-14-10)1-2-9(8)15-11(16)17/h1-6,15H,12H2,(H,16,17). The van der Waals surface area contributed by atoms with E-state index in [0.717, 1.165) is 5.56 Å². The van der Waals surface area contributed by atoms with Crippen LogP contribution >= 0.6 is 0 Å². The van der Waals surface area contributed by atoms with Crippen molar-refractivity contribution in [2.45, 2.75) is 0 Å². The van der Waals surface area contributed by atoms with Crippen molar-refractivity contribution in [3.05, 3.63) is 36.8 Å². The number of nitrogens with two attached hydrogens (primary N) is 1. The fourth-order valence-electron chi connectivity index (χ4n) is 1.40. The lowest BCUT2D eigenvalue weighted by Crippen LogP contribution is -2.09. The Hall–Kier alpha value is -2.63. The molecule has 1 amide bonds. The van der Waals surface area contributed by atoms with E-state index in [1.807, 2.05) is 0 Å². The average molecular weight is 230 g/mol. The largest absolute Gasteiger partial charge is 0.465 e. The zero-order valence-corrected chi connectivity index (χ0v) is 8.79. The minimum absolute atomic E-state index is 0.343. The Morgan fingerprint density at radius 2 is 2.18 bits per heavy atom. The van der Waals surface area contributed by atoms with Gasteiger partial charge in [-0.05, 0) is 12.1 Å². The second kappa shape index (κ2) is 4.48. The van der Waals surface area contributed by atoms with Gasteiger partial charge in [0.15, 0.2) is 0 Å². The van der Waals surface area contributed by atoms with Gasteiger partial charge in [-0.2, -0.15) is 0 Å². The van der Waals surface area contributed by atoms with Crippen molar-refractivity contribution in [1.29, 1.82) is 0 Å². The van der Waals surface area contributed by atoms with Crippen molar-refractivity contribution in [3.8, 4) is 11.3 Å². The summed E-state index contributed by atoms with van der Waals surface area (Å²) in [4.78, 5) is 18.6. The van der Waals surface area contributed by atoms with Crippen LogP contribution in [-0.4, -0.2) is 21.2 Å². The number of benzene rings is 1. The van der Waals surface area contributed by atoms with E-state index in [0.29, 0.717) is 17.1 Å². The van der Waals surface area contributed by atoms with Crippen LogP contribution in [0.2, 0.25) is 0 Å². The molecule has 0 atom stereocenters. The van der Waals surface area contributed by atoms with Crippen LogP contribution in [0, 0.1) is 0 Å². The number of anilines is 2. The first-order chi connectivity index (χ1) is 8.16. The minimum Gasteiger partial charge on any atom is -0.465 e. The molecule has 6 heteroatoms. The van der Waals surface area contributed by atoms with E-state index >= 15 is 0 Å². The highest BCUT2D eigenvalue weighted by Crippen LogP contribution is 2.25. The minimum atomic E-state index is -1.15. The number of carbonyl (C=O) groups is 1. The molecule has 2 rings (SSSR count). The maximum absolute atomic E-state index is 10.5. The van der Waals surface area contributed by atoms with Crippen LogP contribution in [0.1, 0.15) is 0 Å². The summed E-state index contributed by atoms with van der Waals surface area (Å²) in [5, 5.41) is 10.8. The number of hydrogen-bond donors (Lipinski definition) is 3. The lowest BCUT2D eigenvalue weighted by Gasteiger charge is -2.07. The van der Waals surface area contributed by atoms with E-state index in [1.165, 1.54) is 0 Å². The van der Waals surface area contributed by atoms with E-state index in [4.69, 9.17) is 10.8 Å². The van der Waals surface area contributed by atoms with Gasteiger partial charge in [0, 0.05) is 18.0 Å². The summed E-state index contributed by atoms with van der Waals surface area (Å²) in [7, 11) is 0. The van der Waals surface area contributed by atoms with Gasteiger partial charge in [0.2, 0.25) is 0 Å². The number of nitrogens with one attached hydrogen (secondary N) is 1. The summed E-state index contributed by atoms with van der Waals surface area (Å²) in [5.74, 6) is 0. The maximum atomic E-state index is 10.5. The van der Waals surface area contributed by atoms with Gasteiger partial charge in [-0.15, -0.1) is 0 Å². The first-order valence-corrected chi connectivity index (χ1v) is 4.82. The van der Waals surface area contributed by atoms with Crippen molar-refractivity contribution in [2.75, 3.05) is 11.1 Å². The Kier molecular flexibility index (Phi) is 2.87. The molecule has 0 radical (unpaired) electrons. The van der Waals surface area contributed by atoms with Crippen molar-refractivity contribution < 1.29 is 9.90 Å². The van der Waals surface area contributed by atoms with Gasteiger partial charge in [-0.3, -0.25) is 15.3 Å². The molecule has 1 aromatic heterocycles. The van der Waals surface area contributed by atoms with Crippen LogP contribution in [0.15, 0.2) is 36.8 Å². The van der Waals surface area contributed by atoms with Gasteiger partial charge in [0.05, 0.1) is 23.3 Å². The second-order valence-corrected chi connectivity index (χ2v) is 3.32. The highest BCUT2D eigenvalue weighted by molar-refractivity contribution is 5.88. The summed E-state index contributed by atoms with van der Waals surface area (Å²) < 4.78 is 0. The monoisotopic (exact) mass is 230 g/mol. The van der Waals surface area contributed by atoms with Crippen LogP contribution in [0.5, 0.6) is 0 Å². The molecular weight excluding hydrogens is 220 g/mol. The van der Waals surface area contributed by atoms with E-state index in [-0.39, 0.29) is 0 Å². The zero-order chi connectivity index (χ0) is 12.3. The molecule has 2 aromatic rings. The third-order valence-electron chi connectivity index (χ3n) is 2.15. The van der Waals surface area contributed by atoms with E-state index < -0.39 is 6.09 Å². The number of nitrogens with zero attached hydrogens (tertiary/aromatic N) is 2. The molecular formula is C11H10N4O2. The Balaban J connectivity index is 2.34. The summed E-state index contributed by atoms with van der Waals surface area (Å²) >= 11 is 0. The maximum Gasteiger partial charge on any atom is 0.409 e. The van der Waals surface area contributed by atoms with E-state index in [1.54, 1.807) is 36.8 Å². The fourth-order valence-corrected chi connectivity index (χ4v) is 1.40. The highest BCUT2D eigenvalue weighted by Gasteiger charge is 2.05. The Morgan fingerprint density at radius 1 is 1.35 bits per heavy atom. The molecule has 0 aliphatic rings. The molecule has 0 saturated heterocycles. The van der Waals surface area contributed by atoms with Gasteiger partial charge in [0.25, 0.3) is 0 Å². The summed E-state index contributed by atoms with van der Waals surface area (Å²) in [6.45, 7) is 0. The molecule has 0 unspecified atom stereocenters. The van der Waals surface area contributed by atoms with Crippen LogP contribution < -0.4 is 11.1 Å². The van der Waals surface area contributed by atoms with Gasteiger partial charge < -0.3 is 10.8 Å². The lowest BCUT2D eigenvalue weighted by molar-refractivity contribution is 0.210. The smallest absolute Gasteiger partial charge is 0.409 e. The molecule has 4 N–H and O–H groups in total. The van der Waals surface area contributed by atoms with E-state index in [9.17, 15) is 4.79 Å². The normalized spacial score (nSPS) is 9.88. The molecule has 0 spiro atoms. The Bertz CT molecular complexity index is 542. The average Bonchev–Trinajstić information content (AvgIpc) is 2.32. The van der Waals surface area contributed by atoms with Crippen LogP contribution in [-0.2, 0) is 0 Å². The van der Waals surface area contributed by atoms with Gasteiger partial charge in [0.1, 0.15) is 0 Å². The van der Waals surface area contributed by atoms with E-state index in [2.05, 4.69) is 15.3 Å². The summed E-state index contributed by atoms with van der Waals surface area (Å²) in [6, 6.07) is 4.97. The van der Waals surface area contributed by atoms with Crippen molar-refractivity contribution >= 4 is 17.5 Å². The second-order valence-electron chi connectivity index (χ2n) is 3.32. The number of rotatable bonds is 2. The number of nitrogen functional groups attached to an aromatic ring is 1. The molecule has 0 aliphatic heterocycles. The molecule has 0 fully saturated rings. The zero-order valence-electron chi connectivity index (χ0n) is 8.79. The first-order valence-electron chi connectivity index (χ1n) is 4.82. The van der Waals surface area contributed by atoms with Gasteiger partial charge in [-0.25, -0.2) is 4.79 Å². The molecule has 0 saturated carbocycles. The quantitative estimate of drug-likeness (QED) is 0.683. The molecule has 0 bridgehead atoms. The van der Waals surface area contributed by atoms with Crippen LogP contribution in [0.25, 0.3) is 11.3 Å². The summed E-state index contributed by atoms with van der Waals surface area (Å²) in [5.41, 5.74) is 7.89.